The molecule has 2 unspecified atom stereocenters. The second kappa shape index (κ2) is 4.51. The van der Waals surface area contributed by atoms with E-state index in [1.807, 2.05) is 0 Å². The average molecular weight is 269 g/mol. The van der Waals surface area contributed by atoms with Gasteiger partial charge in [-0.25, -0.2) is 4.98 Å². The van der Waals surface area contributed by atoms with Gasteiger partial charge in [0.05, 0.1) is 23.1 Å². The molecule has 6 heteroatoms. The summed E-state index contributed by atoms with van der Waals surface area (Å²) in [5.74, 6) is -1.39. The van der Waals surface area contributed by atoms with Gasteiger partial charge in [-0.3, -0.25) is 4.98 Å². The number of hydrogen-bond acceptors (Lipinski definition) is 2. The van der Waals surface area contributed by atoms with Crippen molar-refractivity contribution in [2.75, 3.05) is 0 Å². The molecule has 3 rings (SSSR count). The fourth-order valence-corrected chi connectivity index (χ4v) is 2.90. The minimum absolute atomic E-state index is 0.198. The molecule has 0 bridgehead atoms. The summed E-state index contributed by atoms with van der Waals surface area (Å²) in [5.41, 5.74) is 1.38. The first-order chi connectivity index (χ1) is 9.05. The zero-order chi connectivity index (χ0) is 13.5. The van der Waals surface area contributed by atoms with Gasteiger partial charge in [-0.15, -0.1) is 0 Å². The molecule has 2 aromatic rings. The van der Waals surface area contributed by atoms with E-state index in [2.05, 4.69) is 15.0 Å². The number of pyridine rings is 1. The number of alkyl halides is 3. The Kier molecular flexibility index (Phi) is 2.95. The van der Waals surface area contributed by atoms with Crippen molar-refractivity contribution < 1.29 is 13.2 Å². The van der Waals surface area contributed by atoms with E-state index in [1.54, 1.807) is 18.5 Å². The van der Waals surface area contributed by atoms with Gasteiger partial charge in [-0.2, -0.15) is 13.2 Å². The van der Waals surface area contributed by atoms with Crippen LogP contribution >= 0.6 is 0 Å². The smallest absolute Gasteiger partial charge is 0.340 e. The highest BCUT2D eigenvalue weighted by Gasteiger charge is 2.46. The van der Waals surface area contributed by atoms with Crippen molar-refractivity contribution in [2.45, 2.75) is 37.8 Å². The van der Waals surface area contributed by atoms with Crippen LogP contribution in [0.4, 0.5) is 13.2 Å². The number of rotatable bonds is 1. The lowest BCUT2D eigenvalue weighted by molar-refractivity contribution is -0.187. The third-order valence-corrected chi connectivity index (χ3v) is 3.84. The third-order valence-electron chi connectivity index (χ3n) is 3.84. The van der Waals surface area contributed by atoms with E-state index in [1.165, 1.54) is 0 Å². The van der Waals surface area contributed by atoms with Gasteiger partial charge in [0.15, 0.2) is 0 Å². The molecule has 1 aliphatic rings. The quantitative estimate of drug-likeness (QED) is 0.855. The summed E-state index contributed by atoms with van der Waals surface area (Å²) in [7, 11) is 0. The monoisotopic (exact) mass is 269 g/mol. The normalized spacial score (nSPS) is 24.8. The van der Waals surface area contributed by atoms with Crippen molar-refractivity contribution in [3.05, 3.63) is 24.3 Å². The van der Waals surface area contributed by atoms with Crippen molar-refractivity contribution in [2.24, 2.45) is 5.92 Å². The van der Waals surface area contributed by atoms with E-state index in [0.29, 0.717) is 29.7 Å². The first-order valence-electron chi connectivity index (χ1n) is 6.42. The fraction of sp³-hybridized carbons (Fsp3) is 0.538. The topological polar surface area (TPSA) is 41.6 Å². The van der Waals surface area contributed by atoms with Crippen LogP contribution < -0.4 is 0 Å². The number of imidazole rings is 1. The maximum absolute atomic E-state index is 13.1. The summed E-state index contributed by atoms with van der Waals surface area (Å²) in [5, 5.41) is 0. The lowest BCUT2D eigenvalue weighted by atomic mass is 9.78. The molecule has 0 aliphatic heterocycles. The van der Waals surface area contributed by atoms with E-state index in [0.717, 1.165) is 6.42 Å². The molecular formula is C13H14F3N3. The second-order valence-electron chi connectivity index (χ2n) is 5.05. The Morgan fingerprint density at radius 1 is 1.21 bits per heavy atom. The molecule has 1 saturated carbocycles. The van der Waals surface area contributed by atoms with Gasteiger partial charge in [0.1, 0.15) is 5.82 Å². The fourth-order valence-electron chi connectivity index (χ4n) is 2.90. The molecule has 2 aromatic heterocycles. The highest BCUT2D eigenvalue weighted by atomic mass is 19.4. The number of nitrogens with zero attached hydrogens (tertiary/aromatic N) is 2. The maximum atomic E-state index is 13.1. The van der Waals surface area contributed by atoms with Gasteiger partial charge in [0, 0.05) is 12.1 Å². The Morgan fingerprint density at radius 2 is 2.00 bits per heavy atom. The highest BCUT2D eigenvalue weighted by molar-refractivity contribution is 5.73. The van der Waals surface area contributed by atoms with Gasteiger partial charge in [-0.05, 0) is 18.9 Å². The Morgan fingerprint density at radius 3 is 2.74 bits per heavy atom. The molecule has 2 heterocycles. The summed E-state index contributed by atoms with van der Waals surface area (Å²) in [6.45, 7) is 0. The van der Waals surface area contributed by atoms with Crippen LogP contribution in [0.1, 0.15) is 37.4 Å². The zero-order valence-corrected chi connectivity index (χ0v) is 10.2. The van der Waals surface area contributed by atoms with Crippen LogP contribution in [0.5, 0.6) is 0 Å². The van der Waals surface area contributed by atoms with E-state index in [9.17, 15) is 13.2 Å². The summed E-state index contributed by atoms with van der Waals surface area (Å²) < 4.78 is 39.2. The first-order valence-corrected chi connectivity index (χ1v) is 6.42. The van der Waals surface area contributed by atoms with Crippen molar-refractivity contribution in [3.8, 4) is 0 Å². The molecule has 0 saturated heterocycles. The van der Waals surface area contributed by atoms with Gasteiger partial charge in [0.2, 0.25) is 0 Å². The van der Waals surface area contributed by atoms with Crippen LogP contribution in [-0.2, 0) is 0 Å². The molecule has 0 radical (unpaired) electrons. The predicted octanol–water partition coefficient (Wildman–Crippen LogP) is 3.79. The van der Waals surface area contributed by atoms with Crippen LogP contribution in [0.15, 0.2) is 18.5 Å². The number of nitrogens with one attached hydrogen (secondary N) is 1. The van der Waals surface area contributed by atoms with Crippen LogP contribution in [0.2, 0.25) is 0 Å². The largest absolute Gasteiger partial charge is 0.392 e. The van der Waals surface area contributed by atoms with Crippen molar-refractivity contribution in [1.82, 2.24) is 15.0 Å². The average Bonchev–Trinajstić information content (AvgIpc) is 2.81. The van der Waals surface area contributed by atoms with E-state index in [4.69, 9.17) is 0 Å². The van der Waals surface area contributed by atoms with Crippen LogP contribution in [0, 0.1) is 5.92 Å². The van der Waals surface area contributed by atoms with Gasteiger partial charge < -0.3 is 4.98 Å². The minimum atomic E-state index is -4.15. The number of aromatic amines is 1. The lowest BCUT2D eigenvalue weighted by Crippen LogP contribution is -2.32. The zero-order valence-electron chi connectivity index (χ0n) is 10.2. The van der Waals surface area contributed by atoms with Gasteiger partial charge in [-0.1, -0.05) is 12.8 Å². The van der Waals surface area contributed by atoms with E-state index >= 15 is 0 Å². The second-order valence-corrected chi connectivity index (χ2v) is 5.05. The molecule has 102 valence electrons. The molecule has 19 heavy (non-hydrogen) atoms. The van der Waals surface area contributed by atoms with Gasteiger partial charge in [0.25, 0.3) is 0 Å². The maximum Gasteiger partial charge on any atom is 0.392 e. The number of H-pyrrole nitrogens is 1. The van der Waals surface area contributed by atoms with E-state index < -0.39 is 18.0 Å². The summed E-state index contributed by atoms with van der Waals surface area (Å²) in [6, 6.07) is 1.71. The minimum Gasteiger partial charge on any atom is -0.340 e. The summed E-state index contributed by atoms with van der Waals surface area (Å²) >= 11 is 0. The van der Waals surface area contributed by atoms with Crippen molar-refractivity contribution >= 4 is 11.0 Å². The third kappa shape index (κ3) is 2.31. The predicted molar refractivity (Wildman–Crippen MR) is 64.6 cm³/mol. The van der Waals surface area contributed by atoms with Crippen LogP contribution in [-0.4, -0.2) is 21.1 Å². The summed E-state index contributed by atoms with van der Waals surface area (Å²) in [4.78, 5) is 11.2. The van der Waals surface area contributed by atoms with Crippen LogP contribution in [0.25, 0.3) is 11.0 Å². The standard InChI is InChI=1S/C13H14F3N3/c14-13(15,16)9-4-2-1-3-8(9)12-18-10-5-6-17-7-11(10)19-12/h5-9H,1-4H2,(H,18,19). The molecular weight excluding hydrogens is 255 g/mol. The highest BCUT2D eigenvalue weighted by Crippen LogP contribution is 2.45. The number of fused-ring (bicyclic) bond motifs is 1. The number of aromatic nitrogens is 3. The molecule has 1 aliphatic carbocycles. The molecule has 0 aromatic carbocycles. The summed E-state index contributed by atoms with van der Waals surface area (Å²) in [6.07, 6.45) is 1.24. The Labute approximate surface area is 108 Å². The van der Waals surface area contributed by atoms with Gasteiger partial charge >= 0.3 is 6.18 Å². The Bertz CT molecular complexity index is 543. The van der Waals surface area contributed by atoms with Crippen molar-refractivity contribution in [1.29, 1.82) is 0 Å². The number of hydrogen-bond donors (Lipinski definition) is 1. The van der Waals surface area contributed by atoms with E-state index in [-0.39, 0.29) is 6.42 Å². The van der Waals surface area contributed by atoms with Crippen molar-refractivity contribution in [3.63, 3.8) is 0 Å². The Balaban J connectivity index is 1.98. The molecule has 2 atom stereocenters. The van der Waals surface area contributed by atoms with Crippen LogP contribution in [0.3, 0.4) is 0 Å². The Hall–Kier alpha value is -1.59. The number of halogens is 3. The molecule has 1 N–H and O–H groups in total. The SMILES string of the molecule is FC(F)(F)C1CCCCC1c1nc2ccncc2[nH]1. The molecule has 0 spiro atoms. The lowest BCUT2D eigenvalue weighted by Gasteiger charge is -2.31. The molecule has 3 nitrogen and oxygen atoms in total. The first kappa shape index (κ1) is 12.4. The molecule has 1 fully saturated rings. The molecule has 0 amide bonds.